The van der Waals surface area contributed by atoms with E-state index in [-0.39, 0.29) is 0 Å². The lowest BCUT2D eigenvalue weighted by molar-refractivity contribution is 0.0497. The van der Waals surface area contributed by atoms with Crippen molar-refractivity contribution in [3.63, 3.8) is 0 Å². The van der Waals surface area contributed by atoms with Crippen molar-refractivity contribution in [3.8, 4) is 11.8 Å². The zero-order chi connectivity index (χ0) is 12.1. The molecule has 1 saturated heterocycles. The molecule has 1 aliphatic heterocycles. The summed E-state index contributed by atoms with van der Waals surface area (Å²) < 4.78 is 11.9. The van der Waals surface area contributed by atoms with E-state index in [9.17, 15) is 0 Å². The number of nitrogens with zero attached hydrogens (tertiary/aromatic N) is 1. The van der Waals surface area contributed by atoms with Gasteiger partial charge in [-0.1, -0.05) is 15.9 Å². The van der Waals surface area contributed by atoms with Crippen LogP contribution >= 0.6 is 15.9 Å². The minimum Gasteiger partial charge on any atom is -0.493 e. The number of halogens is 1. The van der Waals surface area contributed by atoms with Gasteiger partial charge in [-0.3, -0.25) is 0 Å². The Morgan fingerprint density at radius 1 is 1.35 bits per heavy atom. The van der Waals surface area contributed by atoms with Crippen molar-refractivity contribution in [2.45, 2.75) is 12.8 Å². The molecule has 0 spiro atoms. The molecule has 1 aromatic carbocycles. The van der Waals surface area contributed by atoms with E-state index in [1.54, 1.807) is 12.1 Å². The first-order valence-electron chi connectivity index (χ1n) is 5.69. The van der Waals surface area contributed by atoms with Crippen LogP contribution in [0.25, 0.3) is 0 Å². The van der Waals surface area contributed by atoms with Crippen LogP contribution in [-0.4, -0.2) is 19.8 Å². The smallest absolute Gasteiger partial charge is 0.121 e. The van der Waals surface area contributed by atoms with Crippen LogP contribution in [0.4, 0.5) is 0 Å². The predicted octanol–water partition coefficient (Wildman–Crippen LogP) is 3.13. The van der Waals surface area contributed by atoms with Crippen molar-refractivity contribution >= 4 is 15.9 Å². The van der Waals surface area contributed by atoms with E-state index < -0.39 is 0 Å². The zero-order valence-electron chi connectivity index (χ0n) is 9.49. The molecule has 0 saturated carbocycles. The molecular formula is C13H14BrNO2. The first-order chi connectivity index (χ1) is 8.28. The van der Waals surface area contributed by atoms with Crippen LogP contribution in [0.1, 0.15) is 18.4 Å². The number of hydrogen-bond donors (Lipinski definition) is 0. The minimum atomic E-state index is 0.563. The molecule has 0 bridgehead atoms. The van der Waals surface area contributed by atoms with Crippen molar-refractivity contribution in [1.82, 2.24) is 0 Å². The molecule has 0 unspecified atom stereocenters. The van der Waals surface area contributed by atoms with E-state index in [4.69, 9.17) is 14.7 Å². The molecule has 0 atom stereocenters. The molecule has 1 heterocycles. The summed E-state index contributed by atoms with van der Waals surface area (Å²) in [5, 5.41) is 8.86. The van der Waals surface area contributed by atoms with Crippen molar-refractivity contribution in [2.75, 3.05) is 19.8 Å². The summed E-state index contributed by atoms with van der Waals surface area (Å²) in [5.41, 5.74) is 0.612. The third kappa shape index (κ3) is 3.72. The summed E-state index contributed by atoms with van der Waals surface area (Å²) in [4.78, 5) is 0. The van der Waals surface area contributed by atoms with E-state index in [1.807, 2.05) is 6.07 Å². The van der Waals surface area contributed by atoms with Crippen LogP contribution in [-0.2, 0) is 4.74 Å². The molecule has 1 aliphatic rings. The molecule has 0 amide bonds. The third-order valence-electron chi connectivity index (χ3n) is 2.83. The summed E-state index contributed by atoms with van der Waals surface area (Å²) in [6.07, 6.45) is 2.11. The van der Waals surface area contributed by atoms with Gasteiger partial charge in [0, 0.05) is 17.7 Å². The fourth-order valence-corrected chi connectivity index (χ4v) is 2.31. The third-order valence-corrected chi connectivity index (χ3v) is 3.28. The van der Waals surface area contributed by atoms with Crippen LogP contribution in [0.3, 0.4) is 0 Å². The van der Waals surface area contributed by atoms with E-state index >= 15 is 0 Å². The highest BCUT2D eigenvalue weighted by molar-refractivity contribution is 9.10. The second-order valence-electron chi connectivity index (χ2n) is 4.15. The van der Waals surface area contributed by atoms with E-state index in [0.717, 1.165) is 36.3 Å². The zero-order valence-corrected chi connectivity index (χ0v) is 11.1. The van der Waals surface area contributed by atoms with Crippen LogP contribution in [0.15, 0.2) is 22.7 Å². The SMILES string of the molecule is N#Cc1cc(Br)cc(OCC2CCOCC2)c1. The van der Waals surface area contributed by atoms with Gasteiger partial charge in [0.15, 0.2) is 0 Å². The highest BCUT2D eigenvalue weighted by Gasteiger charge is 2.14. The fraction of sp³-hybridized carbons (Fsp3) is 0.462. The van der Waals surface area contributed by atoms with Gasteiger partial charge in [-0.25, -0.2) is 0 Å². The predicted molar refractivity (Wildman–Crippen MR) is 67.9 cm³/mol. The Morgan fingerprint density at radius 2 is 2.12 bits per heavy atom. The number of ether oxygens (including phenoxy) is 2. The minimum absolute atomic E-state index is 0.563. The Kier molecular flexibility index (Phi) is 4.41. The van der Waals surface area contributed by atoms with E-state index in [2.05, 4.69) is 22.0 Å². The average molecular weight is 296 g/mol. The molecule has 3 nitrogen and oxygen atoms in total. The molecule has 1 fully saturated rings. The van der Waals surface area contributed by atoms with Gasteiger partial charge in [0.2, 0.25) is 0 Å². The molecule has 0 radical (unpaired) electrons. The van der Waals surface area contributed by atoms with Crippen LogP contribution < -0.4 is 4.74 Å². The summed E-state index contributed by atoms with van der Waals surface area (Å²) >= 11 is 3.37. The van der Waals surface area contributed by atoms with Gasteiger partial charge in [0.05, 0.1) is 18.2 Å². The number of hydrogen-bond acceptors (Lipinski definition) is 3. The highest BCUT2D eigenvalue weighted by atomic mass is 79.9. The number of nitriles is 1. The van der Waals surface area contributed by atoms with E-state index in [0.29, 0.717) is 18.1 Å². The van der Waals surface area contributed by atoms with E-state index in [1.165, 1.54) is 0 Å². The highest BCUT2D eigenvalue weighted by Crippen LogP contribution is 2.23. The maximum absolute atomic E-state index is 8.86. The quantitative estimate of drug-likeness (QED) is 0.860. The second kappa shape index (κ2) is 6.04. The van der Waals surface area contributed by atoms with Gasteiger partial charge in [-0.15, -0.1) is 0 Å². The Bertz CT molecular complexity index is 422. The molecule has 90 valence electrons. The first-order valence-corrected chi connectivity index (χ1v) is 6.48. The lowest BCUT2D eigenvalue weighted by Crippen LogP contribution is -2.21. The Hall–Kier alpha value is -1.05. The molecular weight excluding hydrogens is 282 g/mol. The van der Waals surface area contributed by atoms with Crippen molar-refractivity contribution in [1.29, 1.82) is 5.26 Å². The molecule has 0 aliphatic carbocycles. The van der Waals surface area contributed by atoms with Crippen molar-refractivity contribution < 1.29 is 9.47 Å². The first kappa shape index (κ1) is 12.4. The van der Waals surface area contributed by atoms with Crippen molar-refractivity contribution in [2.24, 2.45) is 5.92 Å². The average Bonchev–Trinajstić information content (AvgIpc) is 2.37. The van der Waals surface area contributed by atoms with Gasteiger partial charge in [0.1, 0.15) is 5.75 Å². The molecule has 2 rings (SSSR count). The van der Waals surface area contributed by atoms with Crippen LogP contribution in [0, 0.1) is 17.2 Å². The van der Waals surface area contributed by atoms with Gasteiger partial charge >= 0.3 is 0 Å². The Morgan fingerprint density at radius 3 is 2.82 bits per heavy atom. The normalized spacial score (nSPS) is 16.5. The summed E-state index contributed by atoms with van der Waals surface area (Å²) in [6.45, 7) is 2.36. The monoisotopic (exact) mass is 295 g/mol. The van der Waals surface area contributed by atoms with Crippen LogP contribution in [0.2, 0.25) is 0 Å². The largest absolute Gasteiger partial charge is 0.493 e. The lowest BCUT2D eigenvalue weighted by atomic mass is 10.0. The summed E-state index contributed by atoms with van der Waals surface area (Å²) in [5.74, 6) is 1.32. The standard InChI is InChI=1S/C13H14BrNO2/c14-12-5-11(8-15)6-13(7-12)17-9-10-1-3-16-4-2-10/h5-7,10H,1-4,9H2. The summed E-state index contributed by atoms with van der Waals surface area (Å²) in [7, 11) is 0. The topological polar surface area (TPSA) is 42.2 Å². The molecule has 17 heavy (non-hydrogen) atoms. The second-order valence-corrected chi connectivity index (χ2v) is 5.07. The Balaban J connectivity index is 1.94. The molecule has 0 N–H and O–H groups in total. The molecule has 1 aromatic rings. The Labute approximate surface area is 109 Å². The maximum Gasteiger partial charge on any atom is 0.121 e. The van der Waals surface area contributed by atoms with Gasteiger partial charge in [-0.2, -0.15) is 5.26 Å². The van der Waals surface area contributed by atoms with Gasteiger partial charge in [-0.05, 0) is 37.0 Å². The van der Waals surface area contributed by atoms with Gasteiger partial charge in [0.25, 0.3) is 0 Å². The summed E-state index contributed by atoms with van der Waals surface area (Å²) in [6, 6.07) is 7.55. The number of rotatable bonds is 3. The lowest BCUT2D eigenvalue weighted by Gasteiger charge is -2.22. The fourth-order valence-electron chi connectivity index (χ4n) is 1.84. The molecule has 0 aromatic heterocycles. The maximum atomic E-state index is 8.86. The number of benzene rings is 1. The van der Waals surface area contributed by atoms with Crippen molar-refractivity contribution in [3.05, 3.63) is 28.2 Å². The van der Waals surface area contributed by atoms with Gasteiger partial charge < -0.3 is 9.47 Å². The van der Waals surface area contributed by atoms with Crippen LogP contribution in [0.5, 0.6) is 5.75 Å². The molecule has 4 heteroatoms.